The van der Waals surface area contributed by atoms with Gasteiger partial charge in [0.15, 0.2) is 0 Å². The van der Waals surface area contributed by atoms with Gasteiger partial charge in [-0.05, 0) is 42.2 Å². The van der Waals surface area contributed by atoms with Crippen LogP contribution >= 0.6 is 0 Å². The van der Waals surface area contributed by atoms with Crippen LogP contribution in [0.1, 0.15) is 17.5 Å². The summed E-state index contributed by atoms with van der Waals surface area (Å²) in [6.45, 7) is 1.17. The zero-order valence-electron chi connectivity index (χ0n) is 14.7. The molecule has 0 saturated heterocycles. The molecule has 0 aliphatic carbocycles. The summed E-state index contributed by atoms with van der Waals surface area (Å²) in [5.74, 6) is -0.316. The Morgan fingerprint density at radius 1 is 1.15 bits per heavy atom. The topological polar surface area (TPSA) is 96.0 Å². The SMILES string of the molecule is O=C(Cn1c(=O)c(=O)[nH]c2ccccc21)NCc1ccc2c(c1)CCCN2. The fraction of sp³-hybridized carbons (Fsp3) is 0.250. The zero-order valence-corrected chi connectivity index (χ0v) is 14.7. The van der Waals surface area contributed by atoms with Crippen LogP contribution in [0.3, 0.4) is 0 Å². The Bertz CT molecular complexity index is 1130. The summed E-state index contributed by atoms with van der Waals surface area (Å²) in [6, 6.07) is 13.0. The van der Waals surface area contributed by atoms with Crippen molar-refractivity contribution in [1.29, 1.82) is 0 Å². The van der Waals surface area contributed by atoms with E-state index in [1.807, 2.05) is 12.1 Å². The number of H-pyrrole nitrogens is 1. The van der Waals surface area contributed by atoms with Crippen LogP contribution < -0.4 is 21.8 Å². The van der Waals surface area contributed by atoms with Crippen molar-refractivity contribution < 1.29 is 4.79 Å². The first-order valence-electron chi connectivity index (χ1n) is 8.96. The third-order valence-electron chi connectivity index (χ3n) is 4.78. The molecule has 3 N–H and O–H groups in total. The van der Waals surface area contributed by atoms with Gasteiger partial charge in [-0.25, -0.2) is 0 Å². The van der Waals surface area contributed by atoms with Gasteiger partial charge in [-0.3, -0.25) is 19.0 Å². The number of nitrogens with one attached hydrogen (secondary N) is 3. The van der Waals surface area contributed by atoms with E-state index in [1.54, 1.807) is 24.3 Å². The number of benzene rings is 2. The molecular weight excluding hydrogens is 344 g/mol. The average molecular weight is 364 g/mol. The number of fused-ring (bicyclic) bond motifs is 2. The van der Waals surface area contributed by atoms with Gasteiger partial charge in [-0.15, -0.1) is 0 Å². The van der Waals surface area contributed by atoms with Crippen LogP contribution in [0.4, 0.5) is 5.69 Å². The van der Waals surface area contributed by atoms with Gasteiger partial charge < -0.3 is 15.6 Å². The number of amides is 1. The summed E-state index contributed by atoms with van der Waals surface area (Å²) in [6.07, 6.45) is 2.12. The second-order valence-corrected chi connectivity index (χ2v) is 6.66. The molecule has 1 aliphatic rings. The molecule has 4 rings (SSSR count). The second kappa shape index (κ2) is 7.11. The maximum Gasteiger partial charge on any atom is 0.317 e. The third kappa shape index (κ3) is 3.48. The van der Waals surface area contributed by atoms with Crippen LogP contribution in [0.15, 0.2) is 52.1 Å². The molecule has 7 nitrogen and oxygen atoms in total. The number of carbonyl (C=O) groups excluding carboxylic acids is 1. The molecule has 3 aromatic rings. The third-order valence-corrected chi connectivity index (χ3v) is 4.78. The summed E-state index contributed by atoms with van der Waals surface area (Å²) in [7, 11) is 0. The van der Waals surface area contributed by atoms with E-state index in [4.69, 9.17) is 0 Å². The molecule has 2 heterocycles. The molecule has 0 spiro atoms. The number of aromatic nitrogens is 2. The number of hydrogen-bond donors (Lipinski definition) is 3. The van der Waals surface area contributed by atoms with Crippen LogP contribution in [0.25, 0.3) is 11.0 Å². The smallest absolute Gasteiger partial charge is 0.317 e. The van der Waals surface area contributed by atoms with Crippen LogP contribution in [0.2, 0.25) is 0 Å². The lowest BCUT2D eigenvalue weighted by Crippen LogP contribution is -2.40. The summed E-state index contributed by atoms with van der Waals surface area (Å²) in [5.41, 5.74) is 3.00. The van der Waals surface area contributed by atoms with Crippen molar-refractivity contribution in [2.24, 2.45) is 0 Å². The highest BCUT2D eigenvalue weighted by Gasteiger charge is 2.12. The van der Waals surface area contributed by atoms with Crippen LogP contribution in [-0.4, -0.2) is 22.0 Å². The highest BCUT2D eigenvalue weighted by atomic mass is 16.2. The van der Waals surface area contributed by atoms with Crippen molar-refractivity contribution in [3.05, 3.63) is 74.3 Å². The number of aromatic amines is 1. The van der Waals surface area contributed by atoms with Gasteiger partial charge in [0.05, 0.1) is 11.0 Å². The van der Waals surface area contributed by atoms with E-state index in [1.165, 1.54) is 10.1 Å². The van der Waals surface area contributed by atoms with Crippen LogP contribution in [-0.2, 0) is 24.3 Å². The molecule has 0 atom stereocenters. The van der Waals surface area contributed by atoms with Gasteiger partial charge in [-0.1, -0.05) is 24.3 Å². The minimum atomic E-state index is -0.733. The maximum atomic E-state index is 12.4. The first-order chi connectivity index (χ1) is 13.1. The molecular formula is C20H20N4O3. The molecule has 0 bridgehead atoms. The fourth-order valence-corrected chi connectivity index (χ4v) is 3.42. The van der Waals surface area contributed by atoms with E-state index >= 15 is 0 Å². The van der Waals surface area contributed by atoms with E-state index in [0.29, 0.717) is 17.6 Å². The molecule has 0 unspecified atom stereocenters. The Hall–Kier alpha value is -3.35. The van der Waals surface area contributed by atoms with Crippen molar-refractivity contribution >= 4 is 22.6 Å². The average Bonchev–Trinajstić information content (AvgIpc) is 2.69. The molecule has 138 valence electrons. The van der Waals surface area contributed by atoms with Crippen LogP contribution in [0.5, 0.6) is 0 Å². The van der Waals surface area contributed by atoms with Gasteiger partial charge in [0.25, 0.3) is 0 Å². The summed E-state index contributed by atoms with van der Waals surface area (Å²) in [4.78, 5) is 38.9. The van der Waals surface area contributed by atoms with Gasteiger partial charge in [0.1, 0.15) is 6.54 Å². The molecule has 0 radical (unpaired) electrons. The van der Waals surface area contributed by atoms with Gasteiger partial charge in [-0.2, -0.15) is 0 Å². The van der Waals surface area contributed by atoms with E-state index in [9.17, 15) is 14.4 Å². The van der Waals surface area contributed by atoms with Crippen molar-refractivity contribution in [3.8, 4) is 0 Å². The van der Waals surface area contributed by atoms with Crippen molar-refractivity contribution in [2.45, 2.75) is 25.9 Å². The van der Waals surface area contributed by atoms with Gasteiger partial charge in [0.2, 0.25) is 5.91 Å². The van der Waals surface area contributed by atoms with E-state index in [2.05, 4.69) is 21.7 Å². The normalized spacial score (nSPS) is 13.0. The molecule has 1 aromatic heterocycles. The highest BCUT2D eigenvalue weighted by molar-refractivity contribution is 5.80. The number of para-hydroxylation sites is 2. The molecule has 7 heteroatoms. The number of hydrogen-bond acceptors (Lipinski definition) is 4. The lowest BCUT2D eigenvalue weighted by Gasteiger charge is -2.18. The highest BCUT2D eigenvalue weighted by Crippen LogP contribution is 2.22. The van der Waals surface area contributed by atoms with E-state index in [-0.39, 0.29) is 12.5 Å². The summed E-state index contributed by atoms with van der Waals surface area (Å²) < 4.78 is 1.21. The molecule has 0 saturated carbocycles. The molecule has 0 fully saturated rings. The minimum absolute atomic E-state index is 0.199. The lowest BCUT2D eigenvalue weighted by molar-refractivity contribution is -0.121. The number of rotatable bonds is 4. The predicted molar refractivity (Wildman–Crippen MR) is 104 cm³/mol. The van der Waals surface area contributed by atoms with Crippen molar-refractivity contribution in [1.82, 2.24) is 14.9 Å². The Morgan fingerprint density at radius 3 is 2.89 bits per heavy atom. The first-order valence-corrected chi connectivity index (χ1v) is 8.96. The molecule has 1 amide bonds. The number of anilines is 1. The summed E-state index contributed by atoms with van der Waals surface area (Å²) in [5, 5.41) is 6.19. The first kappa shape index (κ1) is 17.1. The monoisotopic (exact) mass is 364 g/mol. The maximum absolute atomic E-state index is 12.4. The number of carbonyl (C=O) groups is 1. The molecule has 27 heavy (non-hydrogen) atoms. The van der Waals surface area contributed by atoms with E-state index in [0.717, 1.165) is 30.6 Å². The predicted octanol–water partition coefficient (Wildman–Crippen LogP) is 1.36. The Morgan fingerprint density at radius 2 is 2.00 bits per heavy atom. The Balaban J connectivity index is 1.50. The Labute approximate surface area is 155 Å². The number of aryl methyl sites for hydroxylation is 1. The van der Waals surface area contributed by atoms with Crippen LogP contribution in [0, 0.1) is 0 Å². The largest absolute Gasteiger partial charge is 0.385 e. The van der Waals surface area contributed by atoms with E-state index < -0.39 is 11.1 Å². The van der Waals surface area contributed by atoms with Crippen molar-refractivity contribution in [2.75, 3.05) is 11.9 Å². The second-order valence-electron chi connectivity index (χ2n) is 6.66. The minimum Gasteiger partial charge on any atom is -0.385 e. The quantitative estimate of drug-likeness (QED) is 0.609. The Kier molecular flexibility index (Phi) is 4.50. The standard InChI is InChI=1S/C20H20N4O3/c25-18(22-11-13-7-8-15-14(10-13)4-3-9-21-15)12-24-17-6-2-1-5-16(17)23-19(26)20(24)27/h1-2,5-8,10,21H,3-4,9,11-12H2,(H,22,25)(H,23,26). The fourth-order valence-electron chi connectivity index (χ4n) is 3.42. The van der Waals surface area contributed by atoms with Gasteiger partial charge in [0, 0.05) is 18.8 Å². The number of nitrogens with zero attached hydrogens (tertiary/aromatic N) is 1. The lowest BCUT2D eigenvalue weighted by atomic mass is 10.0. The molecule has 2 aromatic carbocycles. The van der Waals surface area contributed by atoms with Crippen molar-refractivity contribution in [3.63, 3.8) is 0 Å². The van der Waals surface area contributed by atoms with Gasteiger partial charge >= 0.3 is 11.1 Å². The summed E-state index contributed by atoms with van der Waals surface area (Å²) >= 11 is 0. The molecule has 1 aliphatic heterocycles. The zero-order chi connectivity index (χ0) is 18.8.